The number of nitrogens with one attached hydrogen (secondary N) is 1. The number of anilines is 1. The Morgan fingerprint density at radius 1 is 1.36 bits per heavy atom. The Labute approximate surface area is 134 Å². The van der Waals surface area contributed by atoms with Crippen LogP contribution in [0.25, 0.3) is 0 Å². The molecule has 116 valence electrons. The van der Waals surface area contributed by atoms with E-state index >= 15 is 0 Å². The van der Waals surface area contributed by atoms with Gasteiger partial charge in [-0.05, 0) is 43.0 Å². The van der Waals surface area contributed by atoms with Gasteiger partial charge in [-0.1, -0.05) is 24.3 Å². The van der Waals surface area contributed by atoms with E-state index in [0.29, 0.717) is 6.54 Å². The Bertz CT molecular complexity index is 668. The molecule has 0 radical (unpaired) electrons. The Hall–Kier alpha value is -1.85. The summed E-state index contributed by atoms with van der Waals surface area (Å²) >= 11 is 1.56. The number of nitrogens with zero attached hydrogens (tertiary/aromatic N) is 1. The quantitative estimate of drug-likeness (QED) is 0.906. The molecule has 0 saturated heterocycles. The second-order valence-corrected chi connectivity index (χ2v) is 6.80. The first-order chi connectivity index (χ1) is 10.7. The molecule has 0 aliphatic heterocycles. The number of fused-ring (bicyclic) bond motifs is 1. The topological polar surface area (TPSA) is 52.6 Å². The third-order valence-electron chi connectivity index (χ3n) is 4.05. The Balaban J connectivity index is 1.79. The number of aliphatic hydroxyl groups excluding tert-OH is 1. The van der Waals surface area contributed by atoms with Crippen LogP contribution in [0.15, 0.2) is 36.4 Å². The molecule has 4 nitrogen and oxygen atoms in total. The van der Waals surface area contributed by atoms with E-state index in [1.807, 2.05) is 31.2 Å². The molecule has 1 aliphatic rings. The Morgan fingerprint density at radius 3 is 2.91 bits per heavy atom. The van der Waals surface area contributed by atoms with Crippen molar-refractivity contribution in [2.75, 3.05) is 18.5 Å². The van der Waals surface area contributed by atoms with Crippen molar-refractivity contribution in [2.24, 2.45) is 0 Å². The van der Waals surface area contributed by atoms with Crippen LogP contribution in [-0.4, -0.2) is 29.2 Å². The molecule has 0 bridgehead atoms. The number of hydrogen-bond donors (Lipinski definition) is 2. The van der Waals surface area contributed by atoms with Crippen molar-refractivity contribution in [1.82, 2.24) is 4.90 Å². The average Bonchev–Trinajstić information content (AvgIpc) is 3.11. The van der Waals surface area contributed by atoms with E-state index in [-0.39, 0.29) is 18.7 Å². The van der Waals surface area contributed by atoms with Gasteiger partial charge in [0.2, 0.25) is 0 Å². The highest BCUT2D eigenvalue weighted by Gasteiger charge is 2.30. The predicted molar refractivity (Wildman–Crippen MR) is 89.4 cm³/mol. The number of benzene rings is 1. The first-order valence-corrected chi connectivity index (χ1v) is 8.33. The summed E-state index contributed by atoms with van der Waals surface area (Å²) in [6, 6.07) is 12.1. The lowest BCUT2D eigenvalue weighted by Gasteiger charge is -2.29. The van der Waals surface area contributed by atoms with Crippen LogP contribution >= 0.6 is 11.3 Å². The van der Waals surface area contributed by atoms with Gasteiger partial charge >= 0.3 is 6.03 Å². The van der Waals surface area contributed by atoms with Crippen molar-refractivity contribution >= 4 is 22.4 Å². The van der Waals surface area contributed by atoms with Crippen molar-refractivity contribution in [3.05, 3.63) is 52.4 Å². The van der Waals surface area contributed by atoms with Crippen LogP contribution in [-0.2, 0) is 6.42 Å². The van der Waals surface area contributed by atoms with Crippen LogP contribution in [0.2, 0.25) is 0 Å². The minimum atomic E-state index is -0.141. The van der Waals surface area contributed by atoms with Crippen LogP contribution in [0.4, 0.5) is 9.80 Å². The van der Waals surface area contributed by atoms with Crippen molar-refractivity contribution in [1.29, 1.82) is 0 Å². The smallest absolute Gasteiger partial charge is 0.323 e. The summed E-state index contributed by atoms with van der Waals surface area (Å²) in [6.45, 7) is 2.32. The summed E-state index contributed by atoms with van der Waals surface area (Å²) in [5.41, 5.74) is 2.50. The molecule has 1 heterocycles. The Kier molecular flexibility index (Phi) is 4.45. The Morgan fingerprint density at radius 2 is 2.18 bits per heavy atom. The molecular weight excluding hydrogens is 296 g/mol. The van der Waals surface area contributed by atoms with Crippen molar-refractivity contribution in [3.8, 4) is 0 Å². The van der Waals surface area contributed by atoms with E-state index in [1.54, 1.807) is 16.2 Å². The largest absolute Gasteiger partial charge is 0.395 e. The third kappa shape index (κ3) is 3.00. The molecule has 2 N–H and O–H groups in total. The lowest BCUT2D eigenvalue weighted by Crippen LogP contribution is -2.39. The second-order valence-electron chi connectivity index (χ2n) is 5.51. The monoisotopic (exact) mass is 316 g/mol. The fourth-order valence-electron chi connectivity index (χ4n) is 3.04. The fraction of sp³-hybridized carbons (Fsp3) is 0.353. The molecular formula is C17H20N2O2S. The van der Waals surface area contributed by atoms with Gasteiger partial charge in [0.1, 0.15) is 0 Å². The first-order valence-electron chi connectivity index (χ1n) is 7.52. The highest BCUT2D eigenvalue weighted by Crippen LogP contribution is 2.36. The lowest BCUT2D eigenvalue weighted by atomic mass is 10.1. The summed E-state index contributed by atoms with van der Waals surface area (Å²) in [5, 5.41) is 13.1. The van der Waals surface area contributed by atoms with E-state index in [1.165, 1.54) is 11.1 Å². The van der Waals surface area contributed by atoms with Crippen LogP contribution in [0.1, 0.15) is 28.5 Å². The normalized spacial score (nSPS) is 16.4. The maximum atomic E-state index is 12.6. The number of carbonyl (C=O) groups is 1. The number of thiophene rings is 1. The van der Waals surface area contributed by atoms with E-state index < -0.39 is 0 Å². The highest BCUT2D eigenvalue weighted by molar-refractivity contribution is 7.16. The van der Waals surface area contributed by atoms with Gasteiger partial charge in [-0.2, -0.15) is 0 Å². The zero-order valence-electron chi connectivity index (χ0n) is 12.6. The number of hydrogen-bond acceptors (Lipinski definition) is 3. The number of amides is 2. The van der Waals surface area contributed by atoms with Crippen molar-refractivity contribution in [2.45, 2.75) is 25.8 Å². The number of aliphatic hydroxyl groups is 1. The molecule has 5 heteroatoms. The lowest BCUT2D eigenvalue weighted by molar-refractivity contribution is 0.162. The third-order valence-corrected chi connectivity index (χ3v) is 4.97. The zero-order valence-corrected chi connectivity index (χ0v) is 13.4. The number of urea groups is 1. The van der Waals surface area contributed by atoms with Gasteiger partial charge in [0.05, 0.1) is 17.6 Å². The standard InChI is InChI=1S/C17H20N2O2S/c1-12-6-9-16(22-12)18-17(21)19(10-11-20)15-8-7-13-4-2-3-5-14(13)15/h2-6,9,15,20H,7-8,10-11H2,1H3,(H,18,21). The SMILES string of the molecule is Cc1ccc(NC(=O)N(CCO)C2CCc3ccccc32)s1. The molecule has 0 saturated carbocycles. The van der Waals surface area contributed by atoms with E-state index in [2.05, 4.69) is 17.4 Å². The van der Waals surface area contributed by atoms with Gasteiger partial charge in [0.25, 0.3) is 0 Å². The molecule has 1 unspecified atom stereocenters. The second kappa shape index (κ2) is 6.50. The maximum absolute atomic E-state index is 12.6. The summed E-state index contributed by atoms with van der Waals surface area (Å²) in [6.07, 6.45) is 1.89. The minimum Gasteiger partial charge on any atom is -0.395 e. The molecule has 2 aromatic rings. The molecule has 0 spiro atoms. The van der Waals surface area contributed by atoms with Gasteiger partial charge in [-0.25, -0.2) is 4.79 Å². The van der Waals surface area contributed by atoms with Gasteiger partial charge < -0.3 is 10.0 Å². The molecule has 3 rings (SSSR count). The van der Waals surface area contributed by atoms with E-state index in [4.69, 9.17) is 0 Å². The van der Waals surface area contributed by atoms with Gasteiger partial charge in [0, 0.05) is 11.4 Å². The van der Waals surface area contributed by atoms with Crippen LogP contribution in [0.3, 0.4) is 0 Å². The summed E-state index contributed by atoms with van der Waals surface area (Å²) in [5.74, 6) is 0. The van der Waals surface area contributed by atoms with Crippen LogP contribution in [0.5, 0.6) is 0 Å². The summed E-state index contributed by atoms with van der Waals surface area (Å²) < 4.78 is 0. The molecule has 2 amide bonds. The van der Waals surface area contributed by atoms with Crippen molar-refractivity contribution in [3.63, 3.8) is 0 Å². The minimum absolute atomic E-state index is 0.0322. The van der Waals surface area contributed by atoms with Crippen LogP contribution < -0.4 is 5.32 Å². The molecule has 22 heavy (non-hydrogen) atoms. The highest BCUT2D eigenvalue weighted by atomic mass is 32.1. The number of aryl methyl sites for hydroxylation is 2. The van der Waals surface area contributed by atoms with Gasteiger partial charge in [-0.15, -0.1) is 11.3 Å². The number of carbonyl (C=O) groups excluding carboxylic acids is 1. The van der Waals surface area contributed by atoms with Crippen LogP contribution in [0, 0.1) is 6.92 Å². The van der Waals surface area contributed by atoms with Crippen molar-refractivity contribution < 1.29 is 9.90 Å². The van der Waals surface area contributed by atoms with Gasteiger partial charge in [0.15, 0.2) is 0 Å². The summed E-state index contributed by atoms with van der Waals surface area (Å²) in [7, 11) is 0. The molecule has 1 aromatic carbocycles. The van der Waals surface area contributed by atoms with E-state index in [9.17, 15) is 9.90 Å². The number of rotatable bonds is 4. The molecule has 1 atom stereocenters. The van der Waals surface area contributed by atoms with E-state index in [0.717, 1.165) is 22.7 Å². The average molecular weight is 316 g/mol. The summed E-state index contributed by atoms with van der Waals surface area (Å²) in [4.78, 5) is 15.5. The van der Waals surface area contributed by atoms with Gasteiger partial charge in [-0.3, -0.25) is 5.32 Å². The maximum Gasteiger partial charge on any atom is 0.323 e. The predicted octanol–water partition coefficient (Wildman–Crippen LogP) is 3.57. The fourth-order valence-corrected chi connectivity index (χ4v) is 3.80. The molecule has 1 aliphatic carbocycles. The zero-order chi connectivity index (χ0) is 15.5. The molecule has 1 aromatic heterocycles. The molecule has 0 fully saturated rings. The first kappa shape index (κ1) is 15.1.